The molecule has 0 fully saturated rings. The molecular formula is C13H24N4. The predicted octanol–water partition coefficient (Wildman–Crippen LogP) is 2.81. The highest BCUT2D eigenvalue weighted by molar-refractivity contribution is 5.58. The third-order valence-electron chi connectivity index (χ3n) is 3.56. The lowest BCUT2D eigenvalue weighted by Gasteiger charge is -2.37. The Morgan fingerprint density at radius 2 is 1.94 bits per heavy atom. The lowest BCUT2D eigenvalue weighted by Crippen LogP contribution is -2.41. The molecule has 0 aliphatic heterocycles. The molecule has 0 amide bonds. The number of hydrogen-bond acceptors (Lipinski definition) is 4. The van der Waals surface area contributed by atoms with Gasteiger partial charge in [-0.15, -0.1) is 0 Å². The summed E-state index contributed by atoms with van der Waals surface area (Å²) in [4.78, 5) is 10.7. The summed E-state index contributed by atoms with van der Waals surface area (Å²) in [6.45, 7) is 10.8. The molecule has 1 aromatic heterocycles. The molecular weight excluding hydrogens is 212 g/mol. The standard InChI is InChI=1S/C13H24N4/c1-7-13(4,5)17(6)12-10(9(2)3)11(14)15-8-16-12/h8-9H,7H2,1-6H3,(H2,14,15,16). The Labute approximate surface area is 104 Å². The Balaban J connectivity index is 3.27. The summed E-state index contributed by atoms with van der Waals surface area (Å²) >= 11 is 0. The molecule has 0 spiro atoms. The topological polar surface area (TPSA) is 55.0 Å². The van der Waals surface area contributed by atoms with E-state index < -0.39 is 0 Å². The van der Waals surface area contributed by atoms with Gasteiger partial charge in [-0.3, -0.25) is 0 Å². The quantitative estimate of drug-likeness (QED) is 0.873. The molecule has 17 heavy (non-hydrogen) atoms. The molecule has 0 unspecified atom stereocenters. The van der Waals surface area contributed by atoms with Crippen molar-refractivity contribution in [1.29, 1.82) is 0 Å². The van der Waals surface area contributed by atoms with Gasteiger partial charge in [0.05, 0.1) is 0 Å². The van der Waals surface area contributed by atoms with Crippen molar-refractivity contribution in [2.75, 3.05) is 17.7 Å². The monoisotopic (exact) mass is 236 g/mol. The van der Waals surface area contributed by atoms with E-state index in [2.05, 4.69) is 56.5 Å². The van der Waals surface area contributed by atoms with Gasteiger partial charge in [-0.1, -0.05) is 20.8 Å². The fourth-order valence-electron chi connectivity index (χ4n) is 1.74. The number of nitrogens with two attached hydrogens (primary N) is 1. The Morgan fingerprint density at radius 3 is 2.41 bits per heavy atom. The molecule has 0 aliphatic rings. The third-order valence-corrected chi connectivity index (χ3v) is 3.56. The molecule has 0 bridgehead atoms. The van der Waals surface area contributed by atoms with Crippen LogP contribution in [0.3, 0.4) is 0 Å². The van der Waals surface area contributed by atoms with Crippen molar-refractivity contribution in [2.45, 2.75) is 52.5 Å². The van der Waals surface area contributed by atoms with Crippen LogP contribution < -0.4 is 10.6 Å². The Morgan fingerprint density at radius 1 is 1.35 bits per heavy atom. The zero-order valence-electron chi connectivity index (χ0n) is 11.8. The van der Waals surface area contributed by atoms with E-state index in [-0.39, 0.29) is 5.54 Å². The smallest absolute Gasteiger partial charge is 0.137 e. The van der Waals surface area contributed by atoms with Crippen LogP contribution in [-0.2, 0) is 0 Å². The molecule has 2 N–H and O–H groups in total. The first-order valence-corrected chi connectivity index (χ1v) is 6.15. The van der Waals surface area contributed by atoms with E-state index in [9.17, 15) is 0 Å². The van der Waals surface area contributed by atoms with Crippen molar-refractivity contribution < 1.29 is 0 Å². The molecule has 0 aromatic carbocycles. The van der Waals surface area contributed by atoms with Crippen molar-refractivity contribution in [1.82, 2.24) is 9.97 Å². The molecule has 1 rings (SSSR count). The van der Waals surface area contributed by atoms with Crippen molar-refractivity contribution in [2.24, 2.45) is 0 Å². The maximum Gasteiger partial charge on any atom is 0.137 e. The molecule has 1 aromatic rings. The van der Waals surface area contributed by atoms with Crippen molar-refractivity contribution in [3.05, 3.63) is 11.9 Å². The average Bonchev–Trinajstić information content (AvgIpc) is 2.27. The summed E-state index contributed by atoms with van der Waals surface area (Å²) in [5, 5.41) is 0. The molecule has 1 heterocycles. The average molecular weight is 236 g/mol. The summed E-state index contributed by atoms with van der Waals surface area (Å²) < 4.78 is 0. The van der Waals surface area contributed by atoms with Crippen LogP contribution in [0.2, 0.25) is 0 Å². The summed E-state index contributed by atoms with van der Waals surface area (Å²) in [5.74, 6) is 1.85. The zero-order valence-corrected chi connectivity index (χ0v) is 11.8. The molecule has 0 aliphatic carbocycles. The predicted molar refractivity (Wildman–Crippen MR) is 73.3 cm³/mol. The van der Waals surface area contributed by atoms with Gasteiger partial charge in [0.1, 0.15) is 18.0 Å². The van der Waals surface area contributed by atoms with Crippen LogP contribution in [0.1, 0.15) is 52.5 Å². The first-order valence-electron chi connectivity index (χ1n) is 6.15. The lowest BCUT2D eigenvalue weighted by molar-refractivity contribution is 0.465. The van der Waals surface area contributed by atoms with E-state index in [0.717, 1.165) is 17.8 Å². The van der Waals surface area contributed by atoms with Gasteiger partial charge in [0, 0.05) is 18.2 Å². The summed E-state index contributed by atoms with van der Waals surface area (Å²) in [6.07, 6.45) is 2.59. The minimum absolute atomic E-state index is 0.0600. The minimum atomic E-state index is 0.0600. The fraction of sp³-hybridized carbons (Fsp3) is 0.692. The number of anilines is 2. The molecule has 0 radical (unpaired) electrons. The summed E-state index contributed by atoms with van der Waals surface area (Å²) in [5.41, 5.74) is 7.07. The van der Waals surface area contributed by atoms with Gasteiger partial charge in [-0.2, -0.15) is 0 Å². The molecule has 4 nitrogen and oxygen atoms in total. The normalized spacial score (nSPS) is 11.9. The Bertz CT molecular complexity index is 385. The van der Waals surface area contributed by atoms with Crippen LogP contribution in [-0.4, -0.2) is 22.6 Å². The van der Waals surface area contributed by atoms with E-state index >= 15 is 0 Å². The van der Waals surface area contributed by atoms with Gasteiger partial charge in [0.2, 0.25) is 0 Å². The van der Waals surface area contributed by atoms with Crippen LogP contribution in [0.15, 0.2) is 6.33 Å². The highest BCUT2D eigenvalue weighted by Crippen LogP contribution is 2.32. The van der Waals surface area contributed by atoms with Crippen LogP contribution >= 0.6 is 0 Å². The Hall–Kier alpha value is -1.32. The molecule has 0 saturated carbocycles. The number of nitrogens with zero attached hydrogens (tertiary/aromatic N) is 3. The maximum atomic E-state index is 5.97. The second-order valence-corrected chi connectivity index (χ2v) is 5.38. The van der Waals surface area contributed by atoms with Crippen molar-refractivity contribution >= 4 is 11.6 Å². The largest absolute Gasteiger partial charge is 0.383 e. The highest BCUT2D eigenvalue weighted by Gasteiger charge is 2.26. The first-order chi connectivity index (χ1) is 7.81. The first kappa shape index (κ1) is 13.7. The number of aromatic nitrogens is 2. The van der Waals surface area contributed by atoms with E-state index in [0.29, 0.717) is 11.7 Å². The maximum absolute atomic E-state index is 5.97. The van der Waals surface area contributed by atoms with Gasteiger partial charge < -0.3 is 10.6 Å². The minimum Gasteiger partial charge on any atom is -0.383 e. The van der Waals surface area contributed by atoms with Gasteiger partial charge in [-0.05, 0) is 26.2 Å². The second kappa shape index (κ2) is 4.90. The number of hydrogen-bond donors (Lipinski definition) is 1. The molecule has 0 saturated heterocycles. The van der Waals surface area contributed by atoms with Gasteiger partial charge in [0.15, 0.2) is 0 Å². The Kier molecular flexibility index (Phi) is 3.96. The van der Waals surface area contributed by atoms with Gasteiger partial charge in [0.25, 0.3) is 0 Å². The SMILES string of the molecule is CCC(C)(C)N(C)c1ncnc(N)c1C(C)C. The molecule has 96 valence electrons. The van der Waals surface area contributed by atoms with Crippen LogP contribution in [0.4, 0.5) is 11.6 Å². The highest BCUT2D eigenvalue weighted by atomic mass is 15.2. The van der Waals surface area contributed by atoms with E-state index in [1.165, 1.54) is 0 Å². The van der Waals surface area contributed by atoms with Crippen LogP contribution in [0.5, 0.6) is 0 Å². The summed E-state index contributed by atoms with van der Waals surface area (Å²) in [6, 6.07) is 0. The number of rotatable bonds is 4. The third kappa shape index (κ3) is 2.68. The molecule has 4 heteroatoms. The van der Waals surface area contributed by atoms with E-state index in [4.69, 9.17) is 5.73 Å². The molecule has 0 atom stereocenters. The van der Waals surface area contributed by atoms with E-state index in [1.807, 2.05) is 0 Å². The van der Waals surface area contributed by atoms with Crippen LogP contribution in [0, 0.1) is 0 Å². The number of nitrogen functional groups attached to an aromatic ring is 1. The second-order valence-electron chi connectivity index (χ2n) is 5.38. The zero-order chi connectivity index (χ0) is 13.2. The lowest BCUT2D eigenvalue weighted by atomic mass is 9.97. The van der Waals surface area contributed by atoms with Crippen molar-refractivity contribution in [3.8, 4) is 0 Å². The fourth-order valence-corrected chi connectivity index (χ4v) is 1.74. The van der Waals surface area contributed by atoms with Gasteiger partial charge >= 0.3 is 0 Å². The van der Waals surface area contributed by atoms with Gasteiger partial charge in [-0.25, -0.2) is 9.97 Å². The van der Waals surface area contributed by atoms with E-state index in [1.54, 1.807) is 6.33 Å². The van der Waals surface area contributed by atoms with Crippen LogP contribution in [0.25, 0.3) is 0 Å². The van der Waals surface area contributed by atoms with Crippen molar-refractivity contribution in [3.63, 3.8) is 0 Å². The summed E-state index contributed by atoms with van der Waals surface area (Å²) in [7, 11) is 2.07.